The molecule has 1 radical (unpaired) electrons. The van der Waals surface area contributed by atoms with E-state index < -0.39 is 0 Å². The summed E-state index contributed by atoms with van der Waals surface area (Å²) >= 11 is 0. The molecule has 2 heteroatoms. The Morgan fingerprint density at radius 1 is 1.71 bits per heavy atom. The maximum absolute atomic E-state index is 9.81. The molecule has 0 aromatic heterocycles. The van der Waals surface area contributed by atoms with Gasteiger partial charge in [-0.25, -0.2) is 0 Å². The highest BCUT2D eigenvalue weighted by atomic mass is 16.1. The molecule has 0 aliphatic heterocycles. The monoisotopic (exact) mass is 100 g/mol. The second-order valence-corrected chi connectivity index (χ2v) is 1.71. The summed E-state index contributed by atoms with van der Waals surface area (Å²) in [5, 5.41) is 0. The van der Waals surface area contributed by atoms with Gasteiger partial charge in [-0.1, -0.05) is 0 Å². The van der Waals surface area contributed by atoms with Crippen molar-refractivity contribution in [2.24, 2.45) is 0 Å². The Morgan fingerprint density at radius 2 is 2.14 bits per heavy atom. The molecule has 0 N–H and O–H groups in total. The fourth-order valence-corrected chi connectivity index (χ4v) is 0.122. The third-order valence-corrected chi connectivity index (χ3v) is 0.799. The lowest BCUT2D eigenvalue weighted by Gasteiger charge is -2.13. The van der Waals surface area contributed by atoms with Gasteiger partial charge in [0, 0.05) is 13.1 Å². The maximum Gasteiger partial charge on any atom is 0.209 e. The van der Waals surface area contributed by atoms with Gasteiger partial charge in [0.15, 0.2) is 0 Å². The number of hydrogen-bond acceptors (Lipinski definition) is 1. The fraction of sp³-hybridized carbons (Fsp3) is 0.600. The van der Waals surface area contributed by atoms with E-state index in [9.17, 15) is 4.79 Å². The van der Waals surface area contributed by atoms with Gasteiger partial charge < -0.3 is 4.90 Å². The average molecular weight is 100 g/mol. The van der Waals surface area contributed by atoms with Gasteiger partial charge in [-0.3, -0.25) is 4.79 Å². The second-order valence-electron chi connectivity index (χ2n) is 1.71. The van der Waals surface area contributed by atoms with Gasteiger partial charge >= 0.3 is 0 Å². The number of carbonyl (C=O) groups excluding carboxylic acids is 1. The van der Waals surface area contributed by atoms with Crippen molar-refractivity contribution in [3.8, 4) is 0 Å². The SMILES string of the molecule is [CH2]N(C=O)C(C)C. The van der Waals surface area contributed by atoms with Gasteiger partial charge in [0.2, 0.25) is 6.41 Å². The van der Waals surface area contributed by atoms with Crippen molar-refractivity contribution < 1.29 is 4.79 Å². The highest BCUT2D eigenvalue weighted by molar-refractivity contribution is 5.47. The highest BCUT2D eigenvalue weighted by Gasteiger charge is 1.95. The van der Waals surface area contributed by atoms with Gasteiger partial charge in [-0.15, -0.1) is 0 Å². The normalized spacial score (nSPS) is 9.14. The average Bonchev–Trinajstić information content (AvgIpc) is 1.65. The summed E-state index contributed by atoms with van der Waals surface area (Å²) in [6.07, 6.45) is 0.713. The topological polar surface area (TPSA) is 20.3 Å². The molecule has 0 aliphatic carbocycles. The molecule has 0 rings (SSSR count). The van der Waals surface area contributed by atoms with Crippen LogP contribution in [0.25, 0.3) is 0 Å². The number of hydrogen-bond donors (Lipinski definition) is 0. The van der Waals surface area contributed by atoms with Gasteiger partial charge in [0.05, 0.1) is 0 Å². The molecule has 2 nitrogen and oxygen atoms in total. The summed E-state index contributed by atoms with van der Waals surface area (Å²) in [5.41, 5.74) is 0. The number of rotatable bonds is 2. The summed E-state index contributed by atoms with van der Waals surface area (Å²) in [6, 6.07) is 0.220. The predicted molar refractivity (Wildman–Crippen MR) is 28.4 cm³/mol. The lowest BCUT2D eigenvalue weighted by molar-refractivity contribution is -0.117. The summed E-state index contributed by atoms with van der Waals surface area (Å²) in [7, 11) is 3.42. The van der Waals surface area contributed by atoms with E-state index in [1.54, 1.807) is 0 Å². The Balaban J connectivity index is 3.33. The number of nitrogens with zero attached hydrogens (tertiary/aromatic N) is 1. The van der Waals surface area contributed by atoms with E-state index in [0.29, 0.717) is 6.41 Å². The highest BCUT2D eigenvalue weighted by Crippen LogP contribution is 1.87. The first-order chi connectivity index (χ1) is 3.18. The summed E-state index contributed by atoms with van der Waals surface area (Å²) in [6.45, 7) is 3.81. The Hall–Kier alpha value is -0.530. The fourth-order valence-electron chi connectivity index (χ4n) is 0.122. The van der Waals surface area contributed by atoms with Crippen molar-refractivity contribution in [3.05, 3.63) is 7.05 Å². The van der Waals surface area contributed by atoms with Crippen LogP contribution in [0.4, 0.5) is 0 Å². The van der Waals surface area contributed by atoms with Gasteiger partial charge in [-0.2, -0.15) is 0 Å². The minimum absolute atomic E-state index is 0.220. The van der Waals surface area contributed by atoms with E-state index in [1.807, 2.05) is 13.8 Å². The van der Waals surface area contributed by atoms with Crippen molar-refractivity contribution in [1.29, 1.82) is 0 Å². The largest absolute Gasteiger partial charge is 0.341 e. The Labute approximate surface area is 44.1 Å². The molecule has 1 amide bonds. The third kappa shape index (κ3) is 2.20. The summed E-state index contributed by atoms with van der Waals surface area (Å²) < 4.78 is 0. The first kappa shape index (κ1) is 6.47. The van der Waals surface area contributed by atoms with Crippen molar-refractivity contribution in [2.45, 2.75) is 19.9 Å². The molecular formula is C5H10NO. The van der Waals surface area contributed by atoms with Crippen molar-refractivity contribution in [3.63, 3.8) is 0 Å². The molecule has 0 spiro atoms. The molecular weight excluding hydrogens is 90.1 g/mol. The smallest absolute Gasteiger partial charge is 0.209 e. The van der Waals surface area contributed by atoms with Crippen LogP contribution >= 0.6 is 0 Å². The number of carbonyl (C=O) groups is 1. The van der Waals surface area contributed by atoms with Crippen LogP contribution < -0.4 is 0 Å². The first-order valence-corrected chi connectivity index (χ1v) is 2.22. The molecule has 0 bridgehead atoms. The zero-order valence-electron chi connectivity index (χ0n) is 4.72. The molecule has 0 aromatic carbocycles. The quantitative estimate of drug-likeness (QED) is 0.466. The van der Waals surface area contributed by atoms with Crippen molar-refractivity contribution in [2.75, 3.05) is 0 Å². The van der Waals surface area contributed by atoms with Crippen LogP contribution in [0.1, 0.15) is 13.8 Å². The maximum atomic E-state index is 9.81. The Morgan fingerprint density at radius 3 is 2.14 bits per heavy atom. The van der Waals surface area contributed by atoms with Crippen LogP contribution in [-0.4, -0.2) is 17.4 Å². The van der Waals surface area contributed by atoms with Crippen molar-refractivity contribution >= 4 is 6.41 Å². The third-order valence-electron chi connectivity index (χ3n) is 0.799. The van der Waals surface area contributed by atoms with E-state index in [0.717, 1.165) is 0 Å². The molecule has 7 heavy (non-hydrogen) atoms. The van der Waals surface area contributed by atoms with Crippen LogP contribution in [0.3, 0.4) is 0 Å². The Bertz CT molecular complexity index is 61.1. The first-order valence-electron chi connectivity index (χ1n) is 2.22. The van der Waals surface area contributed by atoms with Gasteiger partial charge in [0.1, 0.15) is 0 Å². The van der Waals surface area contributed by atoms with Crippen LogP contribution in [0.15, 0.2) is 0 Å². The molecule has 0 heterocycles. The van der Waals surface area contributed by atoms with Crippen LogP contribution in [0.2, 0.25) is 0 Å². The van der Waals surface area contributed by atoms with Crippen LogP contribution in [0.5, 0.6) is 0 Å². The van der Waals surface area contributed by atoms with E-state index in [2.05, 4.69) is 7.05 Å². The lowest BCUT2D eigenvalue weighted by Crippen LogP contribution is -2.21. The van der Waals surface area contributed by atoms with E-state index >= 15 is 0 Å². The molecule has 0 unspecified atom stereocenters. The minimum Gasteiger partial charge on any atom is -0.341 e. The van der Waals surface area contributed by atoms with Gasteiger partial charge in [0.25, 0.3) is 0 Å². The molecule has 41 valence electrons. The van der Waals surface area contributed by atoms with E-state index in [-0.39, 0.29) is 6.04 Å². The molecule has 0 saturated heterocycles. The zero-order valence-corrected chi connectivity index (χ0v) is 4.72. The second kappa shape index (κ2) is 2.61. The molecule has 0 aromatic rings. The van der Waals surface area contributed by atoms with E-state index in [1.165, 1.54) is 4.90 Å². The van der Waals surface area contributed by atoms with Crippen LogP contribution in [-0.2, 0) is 4.79 Å². The zero-order chi connectivity index (χ0) is 5.86. The molecule has 0 fully saturated rings. The van der Waals surface area contributed by atoms with E-state index in [4.69, 9.17) is 0 Å². The summed E-state index contributed by atoms with van der Waals surface area (Å²) in [4.78, 5) is 11.2. The Kier molecular flexibility index (Phi) is 2.41. The standard InChI is InChI=1S/C5H10NO/c1-5(2)6(3)4-7/h4-5H,3H2,1-2H3. The van der Waals surface area contributed by atoms with Crippen molar-refractivity contribution in [1.82, 2.24) is 4.90 Å². The summed E-state index contributed by atoms with van der Waals surface area (Å²) in [5.74, 6) is 0. The molecule has 0 aliphatic rings. The molecule has 0 atom stereocenters. The molecule has 0 saturated carbocycles. The minimum atomic E-state index is 0.220. The lowest BCUT2D eigenvalue weighted by atomic mass is 10.4. The number of amides is 1. The predicted octanol–water partition coefficient (Wildman–Crippen LogP) is 0.645. The van der Waals surface area contributed by atoms with Crippen LogP contribution in [0, 0.1) is 7.05 Å². The van der Waals surface area contributed by atoms with Gasteiger partial charge in [-0.05, 0) is 13.8 Å².